The van der Waals surface area contributed by atoms with Gasteiger partial charge in [0.05, 0.1) is 39.1 Å². The van der Waals surface area contributed by atoms with Crippen molar-refractivity contribution in [3.8, 4) is 0 Å². The van der Waals surface area contributed by atoms with Crippen LogP contribution in [0.15, 0.2) is 28.9 Å². The Morgan fingerprint density at radius 2 is 1.86 bits per heavy atom. The molecule has 0 heterocycles. The second kappa shape index (κ2) is 11.4. The SMILES string of the molecule is C[C@]12C=CC(=O)C=C1CC[C@@H]1C2[C@@H](O)C[C@@]2(C)[C@H]1CC[C@]2(O)C(=O)COCCOCCOCCN=[N+]=[N-]. The van der Waals surface area contributed by atoms with Crippen molar-refractivity contribution in [2.24, 2.45) is 33.7 Å². The minimum atomic E-state index is -1.54. The maximum Gasteiger partial charge on any atom is 0.190 e. The first-order valence-corrected chi connectivity index (χ1v) is 13.3. The first-order chi connectivity index (χ1) is 17.7. The fourth-order valence-electron chi connectivity index (χ4n) is 7.66. The van der Waals surface area contributed by atoms with Gasteiger partial charge in [-0.3, -0.25) is 9.59 Å². The van der Waals surface area contributed by atoms with Gasteiger partial charge in [-0.1, -0.05) is 30.6 Å². The summed E-state index contributed by atoms with van der Waals surface area (Å²) in [6, 6.07) is 0. The molecule has 0 aromatic heterocycles. The Morgan fingerprint density at radius 1 is 1.16 bits per heavy atom. The molecule has 4 rings (SSSR count). The molecule has 4 aliphatic rings. The number of nitrogens with zero attached hydrogens (tertiary/aromatic N) is 3. The fraction of sp³-hybridized carbons (Fsp3) is 0.778. The number of carbonyl (C=O) groups excluding carboxylic acids is 2. The zero-order chi connectivity index (χ0) is 26.7. The Morgan fingerprint density at radius 3 is 2.59 bits per heavy atom. The third-order valence-corrected chi connectivity index (χ3v) is 9.49. The van der Waals surface area contributed by atoms with Crippen LogP contribution in [0.1, 0.15) is 46.0 Å². The van der Waals surface area contributed by atoms with Crippen molar-refractivity contribution < 1.29 is 34.0 Å². The first kappa shape index (κ1) is 28.0. The smallest absolute Gasteiger partial charge is 0.190 e. The lowest BCUT2D eigenvalue weighted by Gasteiger charge is -2.59. The Balaban J connectivity index is 1.30. The van der Waals surface area contributed by atoms with E-state index in [1.165, 1.54) is 0 Å². The quantitative estimate of drug-likeness (QED) is 0.175. The van der Waals surface area contributed by atoms with Crippen LogP contribution in [0.5, 0.6) is 0 Å². The summed E-state index contributed by atoms with van der Waals surface area (Å²) in [5.41, 5.74) is 6.64. The predicted octanol–water partition coefficient (Wildman–Crippen LogP) is 2.93. The third-order valence-electron chi connectivity index (χ3n) is 9.49. The molecule has 0 aromatic carbocycles. The number of allylic oxidation sites excluding steroid dienone is 4. The molecule has 1 unspecified atom stereocenters. The number of azide groups is 1. The summed E-state index contributed by atoms with van der Waals surface area (Å²) < 4.78 is 16.2. The van der Waals surface area contributed by atoms with Crippen LogP contribution in [-0.4, -0.2) is 79.7 Å². The van der Waals surface area contributed by atoms with E-state index in [1.807, 2.05) is 13.0 Å². The van der Waals surface area contributed by atoms with Gasteiger partial charge < -0.3 is 24.4 Å². The van der Waals surface area contributed by atoms with Crippen molar-refractivity contribution in [2.75, 3.05) is 46.2 Å². The Labute approximate surface area is 217 Å². The number of hydrogen-bond donors (Lipinski definition) is 2. The second-order valence-electron chi connectivity index (χ2n) is 11.3. The van der Waals surface area contributed by atoms with Crippen molar-refractivity contribution in [3.63, 3.8) is 0 Å². The van der Waals surface area contributed by atoms with Crippen molar-refractivity contribution >= 4 is 11.6 Å². The van der Waals surface area contributed by atoms with E-state index >= 15 is 0 Å². The first-order valence-electron chi connectivity index (χ1n) is 13.3. The molecule has 0 aliphatic heterocycles. The van der Waals surface area contributed by atoms with Gasteiger partial charge in [-0.15, -0.1) is 0 Å². The molecule has 0 radical (unpaired) electrons. The van der Waals surface area contributed by atoms with Crippen LogP contribution in [0, 0.1) is 28.6 Å². The van der Waals surface area contributed by atoms with E-state index < -0.39 is 17.1 Å². The number of carbonyl (C=O) groups is 2. The highest BCUT2D eigenvalue weighted by Crippen LogP contribution is 2.67. The van der Waals surface area contributed by atoms with Crippen LogP contribution in [-0.2, 0) is 23.8 Å². The zero-order valence-electron chi connectivity index (χ0n) is 21.8. The number of rotatable bonds is 12. The molecular formula is C27H39N3O7. The molecule has 0 saturated heterocycles. The predicted molar refractivity (Wildman–Crippen MR) is 134 cm³/mol. The third kappa shape index (κ3) is 5.15. The molecule has 0 bridgehead atoms. The summed E-state index contributed by atoms with van der Waals surface area (Å²) in [6.45, 7) is 5.71. The Kier molecular flexibility index (Phi) is 8.58. The monoisotopic (exact) mass is 517 g/mol. The summed E-state index contributed by atoms with van der Waals surface area (Å²) in [4.78, 5) is 27.9. The number of ether oxygens (including phenoxy) is 3. The number of hydrogen-bond acceptors (Lipinski definition) is 8. The van der Waals surface area contributed by atoms with Gasteiger partial charge in [0.25, 0.3) is 0 Å². The van der Waals surface area contributed by atoms with E-state index in [0.29, 0.717) is 32.7 Å². The number of aliphatic hydroxyl groups is 2. The largest absolute Gasteiger partial charge is 0.393 e. The maximum absolute atomic E-state index is 13.3. The molecule has 37 heavy (non-hydrogen) atoms. The lowest BCUT2D eigenvalue weighted by atomic mass is 9.46. The van der Waals surface area contributed by atoms with E-state index in [4.69, 9.17) is 19.7 Å². The minimum Gasteiger partial charge on any atom is -0.393 e. The highest BCUT2D eigenvalue weighted by Gasteiger charge is 2.68. The van der Waals surface area contributed by atoms with Crippen LogP contribution in [0.3, 0.4) is 0 Å². The number of fused-ring (bicyclic) bond motifs is 5. The van der Waals surface area contributed by atoms with Crippen molar-refractivity contribution in [3.05, 3.63) is 34.2 Å². The van der Waals surface area contributed by atoms with E-state index in [9.17, 15) is 19.8 Å². The molecule has 0 spiro atoms. The van der Waals surface area contributed by atoms with Crippen LogP contribution >= 0.6 is 0 Å². The summed E-state index contributed by atoms with van der Waals surface area (Å²) in [5, 5.41) is 26.5. The zero-order valence-corrected chi connectivity index (χ0v) is 21.8. The highest BCUT2D eigenvalue weighted by molar-refractivity contribution is 6.01. The summed E-state index contributed by atoms with van der Waals surface area (Å²) in [5.74, 6) is -0.0952. The molecular weight excluding hydrogens is 478 g/mol. The average molecular weight is 518 g/mol. The molecule has 10 nitrogen and oxygen atoms in total. The van der Waals surface area contributed by atoms with E-state index in [0.717, 1.165) is 24.8 Å². The average Bonchev–Trinajstić information content (AvgIpc) is 3.13. The van der Waals surface area contributed by atoms with Gasteiger partial charge in [0, 0.05) is 28.2 Å². The van der Waals surface area contributed by atoms with Gasteiger partial charge in [0.1, 0.15) is 12.2 Å². The van der Waals surface area contributed by atoms with E-state index in [1.54, 1.807) is 12.2 Å². The van der Waals surface area contributed by atoms with Crippen molar-refractivity contribution in [1.82, 2.24) is 0 Å². The Bertz CT molecular complexity index is 992. The van der Waals surface area contributed by atoms with Crippen LogP contribution in [0.4, 0.5) is 0 Å². The fourth-order valence-corrected chi connectivity index (χ4v) is 7.66. The topological polar surface area (TPSA) is 151 Å². The molecule has 7 atom stereocenters. The second-order valence-corrected chi connectivity index (χ2v) is 11.3. The molecule has 4 aliphatic carbocycles. The summed E-state index contributed by atoms with van der Waals surface area (Å²) >= 11 is 0. The molecule has 2 N–H and O–H groups in total. The lowest BCUT2D eigenvalue weighted by molar-refractivity contribution is -0.179. The van der Waals surface area contributed by atoms with Crippen molar-refractivity contribution in [2.45, 2.75) is 57.7 Å². The molecule has 3 saturated carbocycles. The number of Topliss-reactive ketones (excluding diaryl/α,β-unsaturated/α-hetero) is 1. The summed E-state index contributed by atoms with van der Waals surface area (Å²) in [6.07, 6.45) is 7.70. The van der Waals surface area contributed by atoms with Crippen molar-refractivity contribution in [1.29, 1.82) is 0 Å². The van der Waals surface area contributed by atoms with Gasteiger partial charge in [0.2, 0.25) is 0 Å². The van der Waals surface area contributed by atoms with Gasteiger partial charge in [-0.05, 0) is 61.6 Å². The molecule has 10 heteroatoms. The van der Waals surface area contributed by atoms with Gasteiger partial charge >= 0.3 is 0 Å². The summed E-state index contributed by atoms with van der Waals surface area (Å²) in [7, 11) is 0. The number of ketones is 2. The highest BCUT2D eigenvalue weighted by atomic mass is 16.5. The molecule has 204 valence electrons. The van der Waals surface area contributed by atoms with Gasteiger partial charge in [-0.25, -0.2) is 0 Å². The number of aliphatic hydroxyl groups excluding tert-OH is 1. The molecule has 0 aromatic rings. The minimum absolute atomic E-state index is 0.00264. The molecule has 3 fully saturated rings. The van der Waals surface area contributed by atoms with Crippen LogP contribution in [0.25, 0.3) is 10.4 Å². The van der Waals surface area contributed by atoms with Crippen LogP contribution in [0.2, 0.25) is 0 Å². The lowest BCUT2D eigenvalue weighted by Crippen LogP contribution is -2.61. The molecule has 0 amide bonds. The normalized spacial score (nSPS) is 38.3. The van der Waals surface area contributed by atoms with Gasteiger partial charge in [0.15, 0.2) is 11.6 Å². The Hall–Kier alpha value is -2.07. The standard InChI is InChI=1S/C27H39N3O7/c1-25-7-5-19(31)15-18(25)3-4-20-21-6-8-27(34,26(21,2)16-22(32)24(20)25)23(33)17-37-14-13-36-12-11-35-10-9-29-30-28/h5,7,15,20-22,24,32,34H,3-4,6,8-14,16-17H2,1-2H3/t20-,21-,22-,24?,25-,26-,27-/m0/s1. The van der Waals surface area contributed by atoms with Crippen LogP contribution < -0.4 is 0 Å². The van der Waals surface area contributed by atoms with E-state index in [-0.39, 0.29) is 61.1 Å². The van der Waals surface area contributed by atoms with Gasteiger partial charge in [-0.2, -0.15) is 0 Å². The van der Waals surface area contributed by atoms with E-state index in [2.05, 4.69) is 16.9 Å². The maximum atomic E-state index is 13.3.